The number of aliphatic hydroxyl groups is 1. The number of hydrogen-bond acceptors (Lipinski definition) is 10. The van der Waals surface area contributed by atoms with Gasteiger partial charge in [0.05, 0.1) is 0 Å². The van der Waals surface area contributed by atoms with Gasteiger partial charge in [-0.1, -0.05) is 0 Å². The first-order valence-electron chi connectivity index (χ1n) is 7.19. The highest BCUT2D eigenvalue weighted by molar-refractivity contribution is 7.66. The Morgan fingerprint density at radius 1 is 1.25 bits per heavy atom. The van der Waals surface area contributed by atoms with E-state index in [1.165, 1.54) is 0 Å². The molecule has 1 fully saturated rings. The van der Waals surface area contributed by atoms with Crippen LogP contribution in [0.1, 0.15) is 12.8 Å². The topological polar surface area (TPSA) is 222 Å². The van der Waals surface area contributed by atoms with Crippen LogP contribution in [-0.2, 0) is 36.4 Å². The fraction of sp³-hybridized carbons (Fsp3) is 0.667. The number of halogens is 1. The lowest BCUT2D eigenvalue weighted by Gasteiger charge is -2.34. The van der Waals surface area contributed by atoms with Crippen LogP contribution >= 0.6 is 23.5 Å². The van der Waals surface area contributed by atoms with E-state index in [1.807, 2.05) is 0 Å². The standard InChI is InChI=1S/C9H16FN2O13P3/c10-9(3-1-7(23-9)12-4-2-6(13)11-8(12)14)5-22-27(18,19)25-28(20,21)24-26(15,16)17/h2,4,7-8,14H,1,3,5H2,(H,11,13)(H,18,19)(H,20,21)(H2,15,16,17)/t7-,8?,9+/m1/s1. The average molecular weight is 472 g/mol. The molecule has 0 bridgehead atoms. The van der Waals surface area contributed by atoms with Gasteiger partial charge in [-0.25, -0.2) is 18.1 Å². The summed E-state index contributed by atoms with van der Waals surface area (Å²) in [5.74, 6) is -3.29. The van der Waals surface area contributed by atoms with Gasteiger partial charge >= 0.3 is 23.5 Å². The lowest BCUT2D eigenvalue weighted by molar-refractivity contribution is -0.204. The number of phosphoric acid groups is 3. The van der Waals surface area contributed by atoms with Crippen LogP contribution in [0.3, 0.4) is 0 Å². The van der Waals surface area contributed by atoms with E-state index >= 15 is 0 Å². The molecule has 5 atom stereocenters. The second kappa shape index (κ2) is 8.19. The maximum Gasteiger partial charge on any atom is 0.490 e. The SMILES string of the molecule is O=C1C=CN([C@H]2CC[C@@](F)(COP(=O)(O)OP(=O)(O)OP(=O)(O)O)O2)C(O)N1. The molecule has 0 aromatic carbocycles. The van der Waals surface area contributed by atoms with Crippen LogP contribution in [0, 0.1) is 0 Å². The molecular formula is C9H16FN2O13P3. The molecule has 0 saturated carbocycles. The molecule has 19 heteroatoms. The van der Waals surface area contributed by atoms with Crippen molar-refractivity contribution in [2.75, 3.05) is 6.61 Å². The van der Waals surface area contributed by atoms with Crippen LogP contribution in [0.2, 0.25) is 0 Å². The van der Waals surface area contributed by atoms with Crippen molar-refractivity contribution in [2.45, 2.75) is 31.3 Å². The van der Waals surface area contributed by atoms with Crippen molar-refractivity contribution in [1.29, 1.82) is 0 Å². The zero-order chi connectivity index (χ0) is 21.4. The Hall–Kier alpha value is -0.730. The van der Waals surface area contributed by atoms with Gasteiger partial charge in [0.1, 0.15) is 12.8 Å². The summed E-state index contributed by atoms with van der Waals surface area (Å²) in [6.07, 6.45) is -0.876. The van der Waals surface area contributed by atoms with Crippen LogP contribution in [0.25, 0.3) is 0 Å². The van der Waals surface area contributed by atoms with Crippen molar-refractivity contribution < 1.29 is 65.4 Å². The lowest BCUT2D eigenvalue weighted by Crippen LogP contribution is -2.52. The zero-order valence-electron chi connectivity index (χ0n) is 13.6. The third kappa shape index (κ3) is 6.95. The fourth-order valence-corrected chi connectivity index (χ4v) is 5.29. The van der Waals surface area contributed by atoms with Crippen molar-refractivity contribution >= 4 is 29.4 Å². The maximum atomic E-state index is 14.6. The Balaban J connectivity index is 1.94. The molecule has 2 aliphatic heterocycles. The van der Waals surface area contributed by atoms with Crippen LogP contribution in [-0.4, -0.2) is 60.5 Å². The van der Waals surface area contributed by atoms with Gasteiger partial charge < -0.3 is 39.6 Å². The lowest BCUT2D eigenvalue weighted by atomic mass is 10.2. The minimum absolute atomic E-state index is 0.0481. The predicted molar refractivity (Wildman–Crippen MR) is 82.9 cm³/mol. The van der Waals surface area contributed by atoms with Crippen LogP contribution in [0.4, 0.5) is 4.39 Å². The fourth-order valence-electron chi connectivity index (χ4n) is 2.24. The number of rotatable bonds is 8. The predicted octanol–water partition coefficient (Wildman–Crippen LogP) is -0.647. The van der Waals surface area contributed by atoms with Gasteiger partial charge in [-0.15, -0.1) is 0 Å². The molecule has 3 unspecified atom stereocenters. The first-order valence-corrected chi connectivity index (χ1v) is 11.7. The Morgan fingerprint density at radius 3 is 2.46 bits per heavy atom. The van der Waals surface area contributed by atoms with E-state index in [9.17, 15) is 32.9 Å². The molecule has 2 rings (SSSR count). The largest absolute Gasteiger partial charge is 0.490 e. The number of phosphoric ester groups is 1. The number of amides is 1. The third-order valence-electron chi connectivity index (χ3n) is 3.26. The van der Waals surface area contributed by atoms with Crippen LogP contribution < -0.4 is 5.32 Å². The number of carbonyl (C=O) groups is 1. The van der Waals surface area contributed by atoms with Crippen molar-refractivity contribution in [2.24, 2.45) is 0 Å². The van der Waals surface area contributed by atoms with Gasteiger partial charge in [-0.3, -0.25) is 9.32 Å². The number of carbonyl (C=O) groups excluding carboxylic acids is 1. The van der Waals surface area contributed by atoms with Crippen LogP contribution in [0.15, 0.2) is 12.3 Å². The van der Waals surface area contributed by atoms with E-state index in [0.717, 1.165) is 17.2 Å². The molecule has 2 heterocycles. The molecule has 28 heavy (non-hydrogen) atoms. The molecule has 2 aliphatic rings. The summed E-state index contributed by atoms with van der Waals surface area (Å²) in [4.78, 5) is 47.3. The molecule has 0 spiro atoms. The Morgan fingerprint density at radius 2 is 1.89 bits per heavy atom. The number of hydrogen-bond donors (Lipinski definition) is 6. The first-order chi connectivity index (χ1) is 12.6. The van der Waals surface area contributed by atoms with E-state index in [-0.39, 0.29) is 6.42 Å². The minimum Gasteiger partial charge on any atom is -0.356 e. The summed E-state index contributed by atoms with van der Waals surface area (Å²) in [6.45, 7) is -1.28. The second-order valence-electron chi connectivity index (χ2n) is 5.50. The third-order valence-corrected chi connectivity index (χ3v) is 7.04. The monoisotopic (exact) mass is 472 g/mol. The number of nitrogens with one attached hydrogen (secondary N) is 1. The van der Waals surface area contributed by atoms with Gasteiger partial charge in [-0.05, 0) is 6.42 Å². The minimum atomic E-state index is -5.72. The van der Waals surface area contributed by atoms with E-state index < -0.39 is 60.8 Å². The zero-order valence-corrected chi connectivity index (χ0v) is 16.3. The van der Waals surface area contributed by atoms with E-state index in [1.54, 1.807) is 0 Å². The van der Waals surface area contributed by atoms with E-state index in [2.05, 4.69) is 18.5 Å². The molecule has 15 nitrogen and oxygen atoms in total. The Kier molecular flexibility index (Phi) is 6.88. The Labute approximate surface area is 156 Å². The molecule has 1 amide bonds. The van der Waals surface area contributed by atoms with Crippen molar-refractivity contribution in [3.63, 3.8) is 0 Å². The van der Waals surface area contributed by atoms with Gasteiger partial charge in [0, 0.05) is 18.7 Å². The summed E-state index contributed by atoms with van der Waals surface area (Å²) >= 11 is 0. The highest BCUT2D eigenvalue weighted by Gasteiger charge is 2.47. The maximum absolute atomic E-state index is 14.6. The van der Waals surface area contributed by atoms with Gasteiger partial charge in [-0.2, -0.15) is 8.62 Å². The van der Waals surface area contributed by atoms with Crippen LogP contribution in [0.5, 0.6) is 0 Å². The van der Waals surface area contributed by atoms with Gasteiger partial charge in [0.2, 0.25) is 18.1 Å². The number of alkyl halides is 1. The van der Waals surface area contributed by atoms with E-state index in [0.29, 0.717) is 0 Å². The van der Waals surface area contributed by atoms with Crippen molar-refractivity contribution in [3.05, 3.63) is 12.3 Å². The second-order valence-corrected chi connectivity index (χ2v) is 9.92. The summed E-state index contributed by atoms with van der Waals surface area (Å²) < 4.78 is 64.1. The molecule has 0 aliphatic carbocycles. The smallest absolute Gasteiger partial charge is 0.356 e. The molecule has 1 saturated heterocycles. The molecule has 6 N–H and O–H groups in total. The molecule has 0 radical (unpaired) electrons. The van der Waals surface area contributed by atoms with Gasteiger partial charge in [0.15, 0.2) is 0 Å². The normalized spacial score (nSPS) is 32.6. The van der Waals surface area contributed by atoms with Crippen molar-refractivity contribution in [3.8, 4) is 0 Å². The molecule has 162 valence electrons. The van der Waals surface area contributed by atoms with Gasteiger partial charge in [0.25, 0.3) is 0 Å². The number of aliphatic hydroxyl groups excluding tert-OH is 1. The summed E-state index contributed by atoms with van der Waals surface area (Å²) in [6, 6.07) is 0. The molecule has 0 aromatic rings. The quantitative estimate of drug-likeness (QED) is 0.242. The highest BCUT2D eigenvalue weighted by atomic mass is 31.3. The average Bonchev–Trinajstić information content (AvgIpc) is 2.84. The summed E-state index contributed by atoms with van der Waals surface area (Å²) in [5.41, 5.74) is 0. The molecule has 0 aromatic heterocycles. The highest BCUT2D eigenvalue weighted by Crippen LogP contribution is 2.66. The first kappa shape index (κ1) is 23.5. The summed E-state index contributed by atoms with van der Waals surface area (Å²) in [5, 5.41) is 11.8. The van der Waals surface area contributed by atoms with Crippen molar-refractivity contribution in [1.82, 2.24) is 10.2 Å². The van der Waals surface area contributed by atoms with E-state index in [4.69, 9.17) is 19.4 Å². The number of nitrogens with zero attached hydrogens (tertiary/aromatic N) is 1. The summed E-state index contributed by atoms with van der Waals surface area (Å²) in [7, 11) is -16.8. The number of ether oxygens (including phenoxy) is 1. The molecular weight excluding hydrogens is 456 g/mol. The Bertz CT molecular complexity index is 787.